The van der Waals surface area contributed by atoms with Gasteiger partial charge in [-0.25, -0.2) is 4.39 Å². The molecule has 0 saturated carbocycles. The van der Waals surface area contributed by atoms with Crippen LogP contribution in [-0.4, -0.2) is 11.7 Å². The van der Waals surface area contributed by atoms with Crippen LogP contribution in [0.2, 0.25) is 5.02 Å². The van der Waals surface area contributed by atoms with E-state index in [-0.39, 0.29) is 17.8 Å². The van der Waals surface area contributed by atoms with Crippen LogP contribution < -0.4 is 0 Å². The van der Waals surface area contributed by atoms with E-state index in [9.17, 15) is 9.50 Å². The molecule has 3 heteroatoms. The van der Waals surface area contributed by atoms with Crippen LogP contribution in [0.5, 0.6) is 0 Å². The van der Waals surface area contributed by atoms with Crippen molar-refractivity contribution in [3.8, 4) is 0 Å². The fraction of sp³-hybridized carbons (Fsp3) is 0.538. The van der Waals surface area contributed by atoms with E-state index in [0.717, 1.165) is 5.56 Å². The largest absolute Gasteiger partial charge is 0.396 e. The Morgan fingerprint density at radius 2 is 2.06 bits per heavy atom. The van der Waals surface area contributed by atoms with Crippen LogP contribution in [0.3, 0.4) is 0 Å². The van der Waals surface area contributed by atoms with E-state index < -0.39 is 0 Å². The van der Waals surface area contributed by atoms with Gasteiger partial charge in [0.2, 0.25) is 0 Å². The molecular formula is C13H18ClFO. The zero-order chi connectivity index (χ0) is 12.3. The summed E-state index contributed by atoms with van der Waals surface area (Å²) >= 11 is 5.98. The molecule has 0 amide bonds. The third-order valence-electron chi connectivity index (χ3n) is 3.36. The van der Waals surface area contributed by atoms with Crippen molar-refractivity contribution in [2.45, 2.75) is 27.2 Å². The van der Waals surface area contributed by atoms with Crippen LogP contribution in [0.15, 0.2) is 18.2 Å². The van der Waals surface area contributed by atoms with Crippen LogP contribution in [0.25, 0.3) is 0 Å². The molecule has 1 unspecified atom stereocenters. The zero-order valence-electron chi connectivity index (χ0n) is 9.93. The number of rotatable bonds is 4. The Balaban J connectivity index is 2.95. The highest BCUT2D eigenvalue weighted by atomic mass is 35.5. The van der Waals surface area contributed by atoms with Crippen molar-refractivity contribution in [1.29, 1.82) is 0 Å². The number of hydrogen-bond donors (Lipinski definition) is 1. The number of benzene rings is 1. The van der Waals surface area contributed by atoms with Crippen molar-refractivity contribution in [2.24, 2.45) is 11.3 Å². The average molecular weight is 245 g/mol. The van der Waals surface area contributed by atoms with Gasteiger partial charge >= 0.3 is 0 Å². The first-order chi connectivity index (χ1) is 7.39. The fourth-order valence-corrected chi connectivity index (χ4v) is 1.78. The summed E-state index contributed by atoms with van der Waals surface area (Å²) < 4.78 is 12.9. The first kappa shape index (κ1) is 13.5. The van der Waals surface area contributed by atoms with Crippen molar-refractivity contribution >= 4 is 11.6 Å². The summed E-state index contributed by atoms with van der Waals surface area (Å²) in [6.07, 6.45) is 0.653. The summed E-state index contributed by atoms with van der Waals surface area (Å²) in [5.74, 6) is 0.00242. The lowest BCUT2D eigenvalue weighted by molar-refractivity contribution is 0.0948. The normalized spacial score (nSPS) is 15.2. The van der Waals surface area contributed by atoms with Gasteiger partial charge in [-0.2, -0.15) is 0 Å². The molecule has 0 spiro atoms. The molecule has 0 radical (unpaired) electrons. The summed E-state index contributed by atoms with van der Waals surface area (Å²) in [5.41, 5.74) is 0.662. The third kappa shape index (κ3) is 2.96. The van der Waals surface area contributed by atoms with Crippen LogP contribution >= 0.6 is 11.6 Å². The van der Waals surface area contributed by atoms with Gasteiger partial charge in [-0.05, 0) is 35.4 Å². The van der Waals surface area contributed by atoms with E-state index in [1.165, 1.54) is 12.1 Å². The molecule has 0 aliphatic carbocycles. The second-order valence-corrected chi connectivity index (χ2v) is 5.29. The van der Waals surface area contributed by atoms with E-state index >= 15 is 0 Å². The van der Waals surface area contributed by atoms with Gasteiger partial charge in [0.25, 0.3) is 0 Å². The van der Waals surface area contributed by atoms with Gasteiger partial charge in [-0.3, -0.25) is 0 Å². The van der Waals surface area contributed by atoms with Gasteiger partial charge in [-0.1, -0.05) is 38.4 Å². The predicted molar refractivity (Wildman–Crippen MR) is 65.1 cm³/mol. The van der Waals surface area contributed by atoms with E-state index in [4.69, 9.17) is 11.6 Å². The molecule has 1 N–H and O–H groups in total. The molecule has 0 aliphatic heterocycles. The van der Waals surface area contributed by atoms with Crippen molar-refractivity contribution in [1.82, 2.24) is 0 Å². The van der Waals surface area contributed by atoms with Gasteiger partial charge in [0.1, 0.15) is 5.82 Å². The third-order valence-corrected chi connectivity index (χ3v) is 3.72. The fourth-order valence-electron chi connectivity index (χ4n) is 1.54. The van der Waals surface area contributed by atoms with Gasteiger partial charge < -0.3 is 5.11 Å². The monoisotopic (exact) mass is 244 g/mol. The lowest BCUT2D eigenvalue weighted by Gasteiger charge is -2.32. The van der Waals surface area contributed by atoms with Crippen molar-refractivity contribution < 1.29 is 9.50 Å². The minimum atomic E-state index is -0.330. The number of hydrogen-bond acceptors (Lipinski definition) is 1. The van der Waals surface area contributed by atoms with Crippen LogP contribution in [0, 0.1) is 17.2 Å². The molecule has 0 heterocycles. The molecule has 1 rings (SSSR count). The Labute approximate surface area is 101 Å². The Kier molecular flexibility index (Phi) is 4.34. The summed E-state index contributed by atoms with van der Waals surface area (Å²) in [5, 5.41) is 9.88. The maximum Gasteiger partial charge on any atom is 0.124 e. The molecule has 0 bridgehead atoms. The quantitative estimate of drug-likeness (QED) is 0.857. The first-order valence-electron chi connectivity index (χ1n) is 5.44. The zero-order valence-corrected chi connectivity index (χ0v) is 10.7. The minimum Gasteiger partial charge on any atom is -0.396 e. The predicted octanol–water partition coefficient (Wildman–Crippen LogP) is 3.68. The van der Waals surface area contributed by atoms with Gasteiger partial charge in [-0.15, -0.1) is 0 Å². The molecule has 1 aromatic rings. The summed E-state index contributed by atoms with van der Waals surface area (Å²) in [4.78, 5) is 0. The van der Waals surface area contributed by atoms with Gasteiger partial charge in [0.15, 0.2) is 0 Å². The lowest BCUT2D eigenvalue weighted by Crippen LogP contribution is -2.30. The standard InChI is InChI=1S/C13H18ClFO/c1-9(2)13(3,8-16)7-10-4-5-11(15)6-12(10)14/h4-6,9,16H,7-8H2,1-3H3. The van der Waals surface area contributed by atoms with Gasteiger partial charge in [0, 0.05) is 11.6 Å². The molecule has 0 fully saturated rings. The highest BCUT2D eigenvalue weighted by Gasteiger charge is 2.28. The van der Waals surface area contributed by atoms with Crippen LogP contribution in [0.1, 0.15) is 26.3 Å². The van der Waals surface area contributed by atoms with Crippen molar-refractivity contribution in [2.75, 3.05) is 6.61 Å². The molecule has 0 saturated heterocycles. The highest BCUT2D eigenvalue weighted by molar-refractivity contribution is 6.31. The summed E-state index contributed by atoms with van der Waals surface area (Å²) in [7, 11) is 0. The maximum absolute atomic E-state index is 12.9. The summed E-state index contributed by atoms with van der Waals surface area (Å²) in [6, 6.07) is 4.41. The Hall–Kier alpha value is -0.600. The molecule has 0 aliphatic rings. The van der Waals surface area contributed by atoms with Crippen LogP contribution in [0.4, 0.5) is 4.39 Å². The van der Waals surface area contributed by atoms with Crippen LogP contribution in [-0.2, 0) is 6.42 Å². The molecule has 1 atom stereocenters. The second kappa shape index (κ2) is 5.15. The molecule has 0 aromatic heterocycles. The van der Waals surface area contributed by atoms with Gasteiger partial charge in [0.05, 0.1) is 0 Å². The Morgan fingerprint density at radius 1 is 1.44 bits per heavy atom. The number of aliphatic hydroxyl groups excluding tert-OH is 1. The van der Waals surface area contributed by atoms with E-state index in [0.29, 0.717) is 17.4 Å². The topological polar surface area (TPSA) is 20.2 Å². The van der Waals surface area contributed by atoms with Crippen molar-refractivity contribution in [3.05, 3.63) is 34.6 Å². The Morgan fingerprint density at radius 3 is 2.50 bits per heavy atom. The molecular weight excluding hydrogens is 227 g/mol. The SMILES string of the molecule is CC(C)C(C)(CO)Cc1ccc(F)cc1Cl. The van der Waals surface area contributed by atoms with E-state index in [1.54, 1.807) is 6.07 Å². The molecule has 16 heavy (non-hydrogen) atoms. The highest BCUT2D eigenvalue weighted by Crippen LogP contribution is 2.33. The molecule has 1 aromatic carbocycles. The first-order valence-corrected chi connectivity index (χ1v) is 5.81. The second-order valence-electron chi connectivity index (χ2n) is 4.88. The maximum atomic E-state index is 12.9. The molecule has 90 valence electrons. The summed E-state index contributed by atoms with van der Waals surface area (Å²) in [6.45, 7) is 6.23. The number of halogens is 2. The Bertz CT molecular complexity index is 365. The number of aliphatic hydroxyl groups is 1. The average Bonchev–Trinajstić information content (AvgIpc) is 2.22. The van der Waals surface area contributed by atoms with E-state index in [1.807, 2.05) is 6.92 Å². The smallest absolute Gasteiger partial charge is 0.124 e. The molecule has 1 nitrogen and oxygen atoms in total. The lowest BCUT2D eigenvalue weighted by atomic mass is 9.75. The van der Waals surface area contributed by atoms with E-state index in [2.05, 4.69) is 13.8 Å². The van der Waals surface area contributed by atoms with Crippen molar-refractivity contribution in [3.63, 3.8) is 0 Å². The minimum absolute atomic E-state index is 0.0956.